The molecule has 86 valence electrons. The third kappa shape index (κ3) is 1.62. The van der Waals surface area contributed by atoms with Crippen molar-refractivity contribution in [3.63, 3.8) is 0 Å². The van der Waals surface area contributed by atoms with Crippen LogP contribution >= 0.6 is 0 Å². The first-order chi connectivity index (χ1) is 8.25. The third-order valence-electron chi connectivity index (χ3n) is 3.06. The highest BCUT2D eigenvalue weighted by Crippen LogP contribution is 2.18. The highest BCUT2D eigenvalue weighted by molar-refractivity contribution is 5.81. The van der Waals surface area contributed by atoms with Crippen LogP contribution in [-0.2, 0) is 13.6 Å². The summed E-state index contributed by atoms with van der Waals surface area (Å²) < 4.78 is 3.89. The zero-order valence-electron chi connectivity index (χ0n) is 9.96. The number of rotatable bonds is 2. The number of benzene rings is 1. The second-order valence-corrected chi connectivity index (χ2v) is 4.22. The van der Waals surface area contributed by atoms with Gasteiger partial charge in [-0.2, -0.15) is 10.2 Å². The van der Waals surface area contributed by atoms with Crippen molar-refractivity contribution in [1.29, 1.82) is 0 Å². The van der Waals surface area contributed by atoms with E-state index in [0.717, 1.165) is 23.4 Å². The number of para-hydroxylation sites is 1. The van der Waals surface area contributed by atoms with Crippen LogP contribution in [0.5, 0.6) is 0 Å². The van der Waals surface area contributed by atoms with Gasteiger partial charge < -0.3 is 0 Å². The normalized spacial score (nSPS) is 11.2. The summed E-state index contributed by atoms with van der Waals surface area (Å²) in [6.45, 7) is 2.78. The average Bonchev–Trinajstić information content (AvgIpc) is 2.87. The van der Waals surface area contributed by atoms with Crippen LogP contribution in [0.1, 0.15) is 11.4 Å². The summed E-state index contributed by atoms with van der Waals surface area (Å²) in [7, 11) is 1.97. The minimum absolute atomic E-state index is 0.722. The first kappa shape index (κ1) is 10.1. The maximum atomic E-state index is 4.56. The fourth-order valence-electron chi connectivity index (χ4n) is 2.11. The van der Waals surface area contributed by atoms with Crippen LogP contribution in [0.25, 0.3) is 10.9 Å². The van der Waals surface area contributed by atoms with Gasteiger partial charge in [-0.05, 0) is 19.1 Å². The minimum atomic E-state index is 0.722. The van der Waals surface area contributed by atoms with Crippen LogP contribution in [0.3, 0.4) is 0 Å². The Bertz CT molecular complexity index is 663. The Balaban J connectivity index is 2.09. The van der Waals surface area contributed by atoms with E-state index in [1.807, 2.05) is 40.8 Å². The van der Waals surface area contributed by atoms with Crippen molar-refractivity contribution < 1.29 is 0 Å². The van der Waals surface area contributed by atoms with Crippen molar-refractivity contribution >= 4 is 10.9 Å². The molecule has 17 heavy (non-hydrogen) atoms. The molecule has 2 aromatic heterocycles. The van der Waals surface area contributed by atoms with Gasteiger partial charge in [0.2, 0.25) is 0 Å². The van der Waals surface area contributed by atoms with Crippen LogP contribution in [0.2, 0.25) is 0 Å². The molecule has 0 amide bonds. The van der Waals surface area contributed by atoms with Gasteiger partial charge in [-0.15, -0.1) is 0 Å². The first-order valence-corrected chi connectivity index (χ1v) is 5.65. The van der Waals surface area contributed by atoms with Gasteiger partial charge in [0, 0.05) is 24.3 Å². The highest BCUT2D eigenvalue weighted by atomic mass is 15.3. The van der Waals surface area contributed by atoms with E-state index in [1.54, 1.807) is 0 Å². The smallest absolute Gasteiger partial charge is 0.0918 e. The van der Waals surface area contributed by atoms with Crippen LogP contribution in [0, 0.1) is 6.92 Å². The molecule has 0 saturated heterocycles. The quantitative estimate of drug-likeness (QED) is 0.671. The summed E-state index contributed by atoms with van der Waals surface area (Å²) in [5, 5.41) is 10.1. The molecule has 0 aliphatic rings. The van der Waals surface area contributed by atoms with E-state index < -0.39 is 0 Å². The van der Waals surface area contributed by atoms with Crippen molar-refractivity contribution in [2.45, 2.75) is 13.5 Å². The van der Waals surface area contributed by atoms with Crippen LogP contribution < -0.4 is 0 Å². The summed E-state index contributed by atoms with van der Waals surface area (Å²) in [4.78, 5) is 0. The predicted octanol–water partition coefficient (Wildman–Crippen LogP) is 2.13. The largest absolute Gasteiger partial charge is 0.268 e. The minimum Gasteiger partial charge on any atom is -0.268 e. The van der Waals surface area contributed by atoms with Gasteiger partial charge in [-0.1, -0.05) is 18.2 Å². The lowest BCUT2D eigenvalue weighted by Crippen LogP contribution is -2.04. The number of hydrogen-bond acceptors (Lipinski definition) is 2. The standard InChI is InChI=1S/C13H14N4/c1-10-7-8-14-17(10)9-12-11-5-3-4-6-13(11)16(2)15-12/h3-8H,9H2,1-2H3. The van der Waals surface area contributed by atoms with E-state index >= 15 is 0 Å². The van der Waals surface area contributed by atoms with E-state index in [2.05, 4.69) is 29.3 Å². The summed E-state index contributed by atoms with van der Waals surface area (Å²) in [6, 6.07) is 10.3. The molecule has 1 aromatic carbocycles. The van der Waals surface area contributed by atoms with Crippen LogP contribution in [0.4, 0.5) is 0 Å². The van der Waals surface area contributed by atoms with Crippen LogP contribution in [-0.4, -0.2) is 19.6 Å². The van der Waals surface area contributed by atoms with E-state index in [1.165, 1.54) is 5.39 Å². The Morgan fingerprint density at radius 2 is 2.00 bits per heavy atom. The Labute approximate surface area is 99.5 Å². The second-order valence-electron chi connectivity index (χ2n) is 4.22. The van der Waals surface area contributed by atoms with Gasteiger partial charge in [-0.25, -0.2) is 0 Å². The summed E-state index contributed by atoms with van der Waals surface area (Å²) in [6.07, 6.45) is 1.82. The Hall–Kier alpha value is -2.10. The van der Waals surface area contributed by atoms with Gasteiger partial charge in [0.15, 0.2) is 0 Å². The maximum Gasteiger partial charge on any atom is 0.0918 e. The molecule has 2 heterocycles. The number of aromatic nitrogens is 4. The van der Waals surface area contributed by atoms with Gasteiger partial charge in [0.25, 0.3) is 0 Å². The number of hydrogen-bond donors (Lipinski definition) is 0. The molecule has 0 unspecified atom stereocenters. The van der Waals surface area contributed by atoms with Gasteiger partial charge in [0.05, 0.1) is 17.8 Å². The van der Waals surface area contributed by atoms with Gasteiger partial charge in [-0.3, -0.25) is 9.36 Å². The Kier molecular flexibility index (Phi) is 2.21. The lowest BCUT2D eigenvalue weighted by Gasteiger charge is -2.01. The molecular weight excluding hydrogens is 212 g/mol. The molecule has 0 saturated carbocycles. The molecular formula is C13H14N4. The Morgan fingerprint density at radius 3 is 2.76 bits per heavy atom. The SMILES string of the molecule is Cc1ccnn1Cc1nn(C)c2ccccc12. The molecule has 3 rings (SSSR count). The van der Waals surface area contributed by atoms with Crippen molar-refractivity contribution in [1.82, 2.24) is 19.6 Å². The zero-order valence-corrected chi connectivity index (χ0v) is 9.96. The number of aryl methyl sites for hydroxylation is 2. The van der Waals surface area contributed by atoms with E-state index in [4.69, 9.17) is 0 Å². The van der Waals surface area contributed by atoms with Gasteiger partial charge >= 0.3 is 0 Å². The number of nitrogens with zero attached hydrogens (tertiary/aromatic N) is 4. The topological polar surface area (TPSA) is 35.6 Å². The molecule has 0 spiro atoms. The fraction of sp³-hybridized carbons (Fsp3) is 0.231. The highest BCUT2D eigenvalue weighted by Gasteiger charge is 2.09. The number of fused-ring (bicyclic) bond motifs is 1. The van der Waals surface area contributed by atoms with E-state index in [0.29, 0.717) is 0 Å². The lowest BCUT2D eigenvalue weighted by molar-refractivity contribution is 0.639. The molecule has 0 radical (unpaired) electrons. The first-order valence-electron chi connectivity index (χ1n) is 5.65. The molecule has 0 aliphatic carbocycles. The predicted molar refractivity (Wildman–Crippen MR) is 66.8 cm³/mol. The van der Waals surface area contributed by atoms with Crippen molar-refractivity contribution in [2.24, 2.45) is 7.05 Å². The molecule has 0 aliphatic heterocycles. The summed E-state index contributed by atoms with van der Waals surface area (Å²) in [5.74, 6) is 0. The van der Waals surface area contributed by atoms with E-state index in [9.17, 15) is 0 Å². The zero-order chi connectivity index (χ0) is 11.8. The van der Waals surface area contributed by atoms with Crippen molar-refractivity contribution in [3.05, 3.63) is 47.9 Å². The summed E-state index contributed by atoms with van der Waals surface area (Å²) >= 11 is 0. The summed E-state index contributed by atoms with van der Waals surface area (Å²) in [5.41, 5.74) is 3.38. The monoisotopic (exact) mass is 226 g/mol. The molecule has 0 N–H and O–H groups in total. The molecule has 4 nitrogen and oxygen atoms in total. The molecule has 0 fully saturated rings. The lowest BCUT2D eigenvalue weighted by atomic mass is 10.2. The Morgan fingerprint density at radius 1 is 1.18 bits per heavy atom. The second kappa shape index (κ2) is 3.73. The molecule has 3 aromatic rings. The molecule has 0 atom stereocenters. The molecule has 4 heteroatoms. The van der Waals surface area contributed by atoms with Crippen LogP contribution in [0.15, 0.2) is 36.5 Å². The van der Waals surface area contributed by atoms with Gasteiger partial charge in [0.1, 0.15) is 0 Å². The van der Waals surface area contributed by atoms with Crippen molar-refractivity contribution in [2.75, 3.05) is 0 Å². The third-order valence-corrected chi connectivity index (χ3v) is 3.06. The maximum absolute atomic E-state index is 4.56. The van der Waals surface area contributed by atoms with E-state index in [-0.39, 0.29) is 0 Å². The fourth-order valence-corrected chi connectivity index (χ4v) is 2.11. The average molecular weight is 226 g/mol. The molecule has 0 bridgehead atoms. The van der Waals surface area contributed by atoms with Crippen molar-refractivity contribution in [3.8, 4) is 0 Å².